The van der Waals surface area contributed by atoms with Gasteiger partial charge in [0, 0.05) is 11.6 Å². The van der Waals surface area contributed by atoms with Crippen molar-refractivity contribution in [1.82, 2.24) is 5.32 Å². The third-order valence-corrected chi connectivity index (χ3v) is 3.41. The third kappa shape index (κ3) is 3.02. The van der Waals surface area contributed by atoms with Crippen molar-refractivity contribution in [1.29, 1.82) is 0 Å². The Balaban J connectivity index is 1.82. The largest absolute Gasteiger partial charge is 0.349 e. The van der Waals surface area contributed by atoms with Crippen molar-refractivity contribution in [2.45, 2.75) is 25.3 Å². The Labute approximate surface area is 113 Å². The zero-order valence-corrected chi connectivity index (χ0v) is 10.8. The predicted molar refractivity (Wildman–Crippen MR) is 76.2 cm³/mol. The van der Waals surface area contributed by atoms with Gasteiger partial charge in [-0.1, -0.05) is 48.5 Å². The summed E-state index contributed by atoms with van der Waals surface area (Å²) in [7, 11) is 0. The lowest BCUT2D eigenvalue weighted by atomic mass is 9.99. The lowest BCUT2D eigenvalue weighted by Gasteiger charge is -2.09. The molecule has 1 aliphatic carbocycles. The summed E-state index contributed by atoms with van der Waals surface area (Å²) in [5.41, 5.74) is 3.12. The van der Waals surface area contributed by atoms with Crippen molar-refractivity contribution in [3.63, 3.8) is 0 Å². The molecular weight excluding hydrogens is 234 g/mol. The van der Waals surface area contributed by atoms with E-state index in [2.05, 4.69) is 17.4 Å². The van der Waals surface area contributed by atoms with Crippen LogP contribution in [-0.4, -0.2) is 11.9 Å². The molecule has 0 heterocycles. The van der Waals surface area contributed by atoms with Gasteiger partial charge in [-0.15, -0.1) is 0 Å². The van der Waals surface area contributed by atoms with Crippen LogP contribution in [0.25, 0.3) is 0 Å². The molecule has 0 aliphatic heterocycles. The average molecular weight is 251 g/mol. The van der Waals surface area contributed by atoms with Crippen molar-refractivity contribution >= 4 is 5.91 Å². The number of amides is 1. The molecule has 2 aromatic carbocycles. The van der Waals surface area contributed by atoms with Crippen LogP contribution in [0.5, 0.6) is 0 Å². The Hall–Kier alpha value is -2.09. The van der Waals surface area contributed by atoms with Gasteiger partial charge in [-0.05, 0) is 36.5 Å². The predicted octanol–water partition coefficient (Wildman–Crippen LogP) is 3.17. The van der Waals surface area contributed by atoms with E-state index >= 15 is 0 Å². The van der Waals surface area contributed by atoms with E-state index < -0.39 is 0 Å². The number of benzene rings is 2. The number of rotatable bonds is 4. The average Bonchev–Trinajstić information content (AvgIpc) is 3.24. The van der Waals surface area contributed by atoms with E-state index in [4.69, 9.17) is 0 Å². The van der Waals surface area contributed by atoms with Crippen LogP contribution in [0.2, 0.25) is 0 Å². The van der Waals surface area contributed by atoms with Crippen LogP contribution in [0.3, 0.4) is 0 Å². The lowest BCUT2D eigenvalue weighted by Crippen LogP contribution is -2.26. The summed E-state index contributed by atoms with van der Waals surface area (Å²) in [5.74, 6) is 0.0639. The fourth-order valence-electron chi connectivity index (χ4n) is 2.20. The van der Waals surface area contributed by atoms with Crippen LogP contribution in [0, 0.1) is 0 Å². The number of nitrogens with one attached hydrogen (secondary N) is 1. The molecule has 1 amide bonds. The SMILES string of the molecule is O=C(NC1CC1)c1ccccc1Cc1ccccc1. The first kappa shape index (κ1) is 12.0. The van der Waals surface area contributed by atoms with Gasteiger partial charge in [-0.3, -0.25) is 4.79 Å². The number of hydrogen-bond donors (Lipinski definition) is 1. The van der Waals surface area contributed by atoms with E-state index in [0.29, 0.717) is 6.04 Å². The minimum absolute atomic E-state index is 0.0639. The first-order valence-electron chi connectivity index (χ1n) is 6.75. The molecule has 0 atom stereocenters. The fourth-order valence-corrected chi connectivity index (χ4v) is 2.20. The Bertz CT molecular complexity index is 573. The van der Waals surface area contributed by atoms with E-state index in [1.54, 1.807) is 0 Å². The van der Waals surface area contributed by atoms with Gasteiger partial charge >= 0.3 is 0 Å². The van der Waals surface area contributed by atoms with Gasteiger partial charge in [0.25, 0.3) is 5.91 Å². The van der Waals surface area contributed by atoms with Crippen molar-refractivity contribution in [3.8, 4) is 0 Å². The van der Waals surface area contributed by atoms with Crippen LogP contribution >= 0.6 is 0 Å². The molecule has 96 valence electrons. The summed E-state index contributed by atoms with van der Waals surface area (Å²) in [4.78, 5) is 12.2. The summed E-state index contributed by atoms with van der Waals surface area (Å²) in [5, 5.41) is 3.06. The maximum Gasteiger partial charge on any atom is 0.251 e. The molecule has 1 saturated carbocycles. The Kier molecular flexibility index (Phi) is 3.32. The molecule has 3 rings (SSSR count). The summed E-state index contributed by atoms with van der Waals surface area (Å²) < 4.78 is 0. The standard InChI is InChI=1S/C17H17NO/c19-17(18-15-10-11-15)16-9-5-4-8-14(16)12-13-6-2-1-3-7-13/h1-9,15H,10-12H2,(H,18,19). The summed E-state index contributed by atoms with van der Waals surface area (Å²) in [6.07, 6.45) is 3.04. The molecular formula is C17H17NO. The number of carbonyl (C=O) groups excluding carboxylic acids is 1. The highest BCUT2D eigenvalue weighted by atomic mass is 16.1. The van der Waals surface area contributed by atoms with E-state index in [-0.39, 0.29) is 5.91 Å². The van der Waals surface area contributed by atoms with Crippen molar-refractivity contribution in [2.24, 2.45) is 0 Å². The highest BCUT2D eigenvalue weighted by Gasteiger charge is 2.24. The maximum absolute atomic E-state index is 12.2. The lowest BCUT2D eigenvalue weighted by molar-refractivity contribution is 0.0950. The molecule has 2 nitrogen and oxygen atoms in total. The van der Waals surface area contributed by atoms with Crippen LogP contribution in [0.15, 0.2) is 54.6 Å². The van der Waals surface area contributed by atoms with Gasteiger partial charge in [-0.2, -0.15) is 0 Å². The maximum atomic E-state index is 12.2. The molecule has 0 unspecified atom stereocenters. The summed E-state index contributed by atoms with van der Waals surface area (Å²) in [6.45, 7) is 0. The van der Waals surface area contributed by atoms with Gasteiger partial charge < -0.3 is 5.32 Å². The van der Waals surface area contributed by atoms with E-state index in [0.717, 1.165) is 30.4 Å². The monoisotopic (exact) mass is 251 g/mol. The fraction of sp³-hybridized carbons (Fsp3) is 0.235. The topological polar surface area (TPSA) is 29.1 Å². The molecule has 1 fully saturated rings. The smallest absolute Gasteiger partial charge is 0.251 e. The minimum atomic E-state index is 0.0639. The van der Waals surface area contributed by atoms with Gasteiger partial charge in [0.15, 0.2) is 0 Å². The molecule has 1 N–H and O–H groups in total. The van der Waals surface area contributed by atoms with Gasteiger partial charge in [0.1, 0.15) is 0 Å². The van der Waals surface area contributed by atoms with Crippen LogP contribution in [0.4, 0.5) is 0 Å². The number of hydrogen-bond acceptors (Lipinski definition) is 1. The quantitative estimate of drug-likeness (QED) is 0.888. The summed E-state index contributed by atoms with van der Waals surface area (Å²) >= 11 is 0. The van der Waals surface area contributed by atoms with Gasteiger partial charge in [0.2, 0.25) is 0 Å². The van der Waals surface area contributed by atoms with Gasteiger partial charge in [0.05, 0.1) is 0 Å². The Morgan fingerprint density at radius 2 is 1.68 bits per heavy atom. The molecule has 0 aromatic heterocycles. The normalized spacial score (nSPS) is 14.1. The van der Waals surface area contributed by atoms with Crippen molar-refractivity contribution < 1.29 is 4.79 Å². The highest BCUT2D eigenvalue weighted by molar-refractivity contribution is 5.96. The highest BCUT2D eigenvalue weighted by Crippen LogP contribution is 2.21. The van der Waals surface area contributed by atoms with Crippen molar-refractivity contribution in [3.05, 3.63) is 71.3 Å². The second kappa shape index (κ2) is 5.27. The summed E-state index contributed by atoms with van der Waals surface area (Å²) in [6, 6.07) is 18.5. The van der Waals surface area contributed by atoms with Crippen LogP contribution in [0.1, 0.15) is 34.3 Å². The zero-order chi connectivity index (χ0) is 13.1. The molecule has 19 heavy (non-hydrogen) atoms. The molecule has 0 saturated heterocycles. The molecule has 0 spiro atoms. The van der Waals surface area contributed by atoms with E-state index in [1.165, 1.54) is 5.56 Å². The number of carbonyl (C=O) groups is 1. The molecule has 0 bridgehead atoms. The molecule has 0 radical (unpaired) electrons. The van der Waals surface area contributed by atoms with Crippen LogP contribution < -0.4 is 5.32 Å². The molecule has 2 aromatic rings. The third-order valence-electron chi connectivity index (χ3n) is 3.41. The Morgan fingerprint density at radius 3 is 2.42 bits per heavy atom. The first-order chi connectivity index (χ1) is 9.33. The zero-order valence-electron chi connectivity index (χ0n) is 10.8. The van der Waals surface area contributed by atoms with E-state index in [1.807, 2.05) is 42.5 Å². The second-order valence-electron chi connectivity index (χ2n) is 5.07. The molecule has 1 aliphatic rings. The second-order valence-corrected chi connectivity index (χ2v) is 5.07. The van der Waals surface area contributed by atoms with E-state index in [9.17, 15) is 4.79 Å². The first-order valence-corrected chi connectivity index (χ1v) is 6.75. The molecule has 2 heteroatoms. The Morgan fingerprint density at radius 1 is 1.00 bits per heavy atom. The van der Waals surface area contributed by atoms with Crippen LogP contribution in [-0.2, 0) is 6.42 Å². The minimum Gasteiger partial charge on any atom is -0.349 e. The van der Waals surface area contributed by atoms with Crippen molar-refractivity contribution in [2.75, 3.05) is 0 Å². The van der Waals surface area contributed by atoms with Gasteiger partial charge in [-0.25, -0.2) is 0 Å².